The van der Waals surface area contributed by atoms with Crippen molar-refractivity contribution in [3.8, 4) is 28.4 Å². The second kappa shape index (κ2) is 16.6. The van der Waals surface area contributed by atoms with Gasteiger partial charge >= 0.3 is 5.97 Å². The molecule has 0 saturated heterocycles. The maximum atomic E-state index is 14.4. The van der Waals surface area contributed by atoms with Gasteiger partial charge in [-0.1, -0.05) is 121 Å². The van der Waals surface area contributed by atoms with E-state index in [0.717, 1.165) is 50.2 Å². The molecule has 8 rings (SSSR count). The number of nitrogens with two attached hydrogens (primary N) is 1. The third-order valence-corrected chi connectivity index (χ3v) is 11.8. The number of carbonyl (C=O) groups excluding carboxylic acids is 2. The first-order valence-electron chi connectivity index (χ1n) is 19.7. The summed E-state index contributed by atoms with van der Waals surface area (Å²) in [4.78, 5) is 36.1. The summed E-state index contributed by atoms with van der Waals surface area (Å²) in [7, 11) is 6.32. The maximum Gasteiger partial charge on any atom is 0.319 e. The lowest BCUT2D eigenvalue weighted by Crippen LogP contribution is -2.54. The number of hydrogen-bond acceptors (Lipinski definition) is 8. The van der Waals surface area contributed by atoms with Crippen molar-refractivity contribution in [1.82, 2.24) is 4.90 Å². The van der Waals surface area contributed by atoms with Gasteiger partial charge in [0.2, 0.25) is 5.91 Å². The van der Waals surface area contributed by atoms with Crippen molar-refractivity contribution in [2.24, 2.45) is 22.1 Å². The molecular weight excluding hydrogens is 739 g/mol. The molecule has 2 N–H and O–H groups in total. The van der Waals surface area contributed by atoms with Gasteiger partial charge in [-0.15, -0.1) is 0 Å². The summed E-state index contributed by atoms with van der Waals surface area (Å²) in [6, 6.07) is 40.6. The van der Waals surface area contributed by atoms with Crippen LogP contribution in [-0.4, -0.2) is 57.0 Å². The zero-order valence-electron chi connectivity index (χ0n) is 33.6. The maximum absolute atomic E-state index is 14.4. The second-order valence-electron chi connectivity index (χ2n) is 15.1. The Hall–Kier alpha value is -6.71. The van der Waals surface area contributed by atoms with Crippen molar-refractivity contribution in [3.63, 3.8) is 0 Å². The molecule has 9 heteroatoms. The van der Waals surface area contributed by atoms with Gasteiger partial charge in [0.15, 0.2) is 0 Å². The minimum Gasteiger partial charge on any atom is -0.496 e. The monoisotopic (exact) mass is 785 g/mol. The fourth-order valence-corrected chi connectivity index (χ4v) is 9.05. The first-order valence-corrected chi connectivity index (χ1v) is 19.7. The van der Waals surface area contributed by atoms with Gasteiger partial charge in [0.05, 0.1) is 51.9 Å². The van der Waals surface area contributed by atoms with Gasteiger partial charge < -0.3 is 24.7 Å². The van der Waals surface area contributed by atoms with E-state index in [0.29, 0.717) is 35.9 Å². The molecule has 0 spiro atoms. The van der Waals surface area contributed by atoms with Gasteiger partial charge in [0.1, 0.15) is 22.7 Å². The Morgan fingerprint density at radius 2 is 1.25 bits per heavy atom. The largest absolute Gasteiger partial charge is 0.496 e. The molecule has 0 saturated carbocycles. The third-order valence-electron chi connectivity index (χ3n) is 11.8. The Morgan fingerprint density at radius 1 is 0.695 bits per heavy atom. The van der Waals surface area contributed by atoms with Gasteiger partial charge in [-0.05, 0) is 70.5 Å². The molecule has 2 heterocycles. The Labute approximate surface area is 345 Å². The number of carbonyl (C=O) groups is 2. The number of methoxy groups -OCH3 is 4. The average molecular weight is 786 g/mol. The molecule has 1 aliphatic carbocycles. The summed E-state index contributed by atoms with van der Waals surface area (Å²) in [5, 5.41) is 0. The lowest BCUT2D eigenvalue weighted by atomic mass is 9.70. The summed E-state index contributed by atoms with van der Waals surface area (Å²) in [5.41, 5.74) is 14.3. The van der Waals surface area contributed by atoms with Crippen LogP contribution in [0.5, 0.6) is 17.2 Å². The van der Waals surface area contributed by atoms with E-state index in [9.17, 15) is 9.59 Å². The van der Waals surface area contributed by atoms with Gasteiger partial charge in [-0.2, -0.15) is 0 Å². The number of rotatable bonds is 13. The average Bonchev–Trinajstić information content (AvgIpc) is 3.65. The van der Waals surface area contributed by atoms with Crippen LogP contribution < -0.4 is 19.9 Å². The van der Waals surface area contributed by atoms with Gasteiger partial charge in [0, 0.05) is 23.6 Å². The molecule has 0 fully saturated rings. The highest BCUT2D eigenvalue weighted by Gasteiger charge is 2.51. The van der Waals surface area contributed by atoms with Gasteiger partial charge in [-0.3, -0.25) is 19.5 Å². The fraction of sp³-hybridized carbons (Fsp3) is 0.220. The zero-order valence-corrected chi connectivity index (χ0v) is 33.6. The van der Waals surface area contributed by atoms with Crippen LogP contribution in [0, 0.1) is 11.3 Å². The van der Waals surface area contributed by atoms with Crippen LogP contribution in [0.2, 0.25) is 0 Å². The predicted octanol–water partition coefficient (Wildman–Crippen LogP) is 8.26. The van der Waals surface area contributed by atoms with Crippen LogP contribution in [-0.2, 0) is 33.7 Å². The highest BCUT2D eigenvalue weighted by atomic mass is 16.5. The number of allylic oxidation sites excluding steroid dienone is 2. The summed E-state index contributed by atoms with van der Waals surface area (Å²) in [6.07, 6.45) is 6.45. The molecule has 9 nitrogen and oxygen atoms in total. The highest BCUT2D eigenvalue weighted by molar-refractivity contribution is 6.16. The van der Waals surface area contributed by atoms with Gasteiger partial charge in [-0.25, -0.2) is 0 Å². The summed E-state index contributed by atoms with van der Waals surface area (Å²) in [6.45, 7) is 0.335. The predicted molar refractivity (Wildman–Crippen MR) is 229 cm³/mol. The molecule has 0 radical (unpaired) electrons. The van der Waals surface area contributed by atoms with Crippen molar-refractivity contribution < 1.29 is 28.5 Å². The molecule has 5 aromatic rings. The number of para-hydroxylation sites is 3. The molecule has 298 valence electrons. The van der Waals surface area contributed by atoms with E-state index in [4.69, 9.17) is 29.7 Å². The Kier molecular flexibility index (Phi) is 11.0. The molecule has 4 atom stereocenters. The summed E-state index contributed by atoms with van der Waals surface area (Å²) < 4.78 is 23.0. The van der Waals surface area contributed by atoms with E-state index < -0.39 is 35.3 Å². The molecule has 1 amide bonds. The molecule has 2 aliphatic heterocycles. The second-order valence-corrected chi connectivity index (χ2v) is 15.1. The topological polar surface area (TPSA) is 113 Å². The minimum absolute atomic E-state index is 0.278. The number of benzene rings is 5. The van der Waals surface area contributed by atoms with E-state index >= 15 is 0 Å². The standard InChI is InChI=1S/C50H47N3O6/c1-56-41-19-11-8-16-35(41)28-38-44-39-30-50(49(55)59-4,29-36-17-9-12-20-42(36)57-2)27-26-40(39)52-45(44)46(34-24-22-33(23-25-34)32-14-6-5-7-15-32)53(47(38)48(51)54)31-37-18-10-13-21-43(37)58-3/h5-27,30,38,46-47H,28-29,31H2,1-4H3,(H2,51,54). The lowest BCUT2D eigenvalue weighted by Gasteiger charge is -2.46. The normalized spacial score (nSPS) is 20.8. The highest BCUT2D eigenvalue weighted by Crippen LogP contribution is 2.52. The molecule has 4 unspecified atom stereocenters. The van der Waals surface area contributed by atoms with Crippen molar-refractivity contribution in [1.29, 1.82) is 0 Å². The first kappa shape index (κ1) is 39.1. The Morgan fingerprint density at radius 3 is 1.88 bits per heavy atom. The van der Waals surface area contributed by atoms with Crippen LogP contribution in [0.15, 0.2) is 167 Å². The molecule has 0 bridgehead atoms. The van der Waals surface area contributed by atoms with Crippen molar-refractivity contribution in [3.05, 3.63) is 185 Å². The third kappa shape index (κ3) is 7.34. The lowest BCUT2D eigenvalue weighted by molar-refractivity contribution is -0.147. The Balaban J connectivity index is 1.37. The number of hydrogen-bond donors (Lipinski definition) is 1. The molecular formula is C50H47N3O6. The van der Waals surface area contributed by atoms with E-state index in [1.54, 1.807) is 21.3 Å². The minimum atomic E-state index is -1.21. The molecule has 59 heavy (non-hydrogen) atoms. The molecule has 3 aliphatic rings. The van der Waals surface area contributed by atoms with Crippen LogP contribution in [0.3, 0.4) is 0 Å². The number of esters is 1. The summed E-state index contributed by atoms with van der Waals surface area (Å²) >= 11 is 0. The van der Waals surface area contributed by atoms with Crippen molar-refractivity contribution in [2.75, 3.05) is 28.4 Å². The smallest absolute Gasteiger partial charge is 0.319 e. The zero-order chi connectivity index (χ0) is 41.1. The SMILES string of the molecule is COC(=O)C1(Cc2ccccc2OC)C=CC2=NC3=C(C2=C1)C(Cc1ccccc1OC)C(C(N)=O)N(Cc1ccccc1OC)C3c1ccc(-c2ccccc2)cc1. The molecule has 0 aromatic heterocycles. The number of fused-ring (bicyclic) bond motifs is 2. The Bertz CT molecular complexity index is 2510. The number of ether oxygens (including phenoxy) is 4. The number of aliphatic imine (C=N–C) groups is 1. The van der Waals surface area contributed by atoms with E-state index in [2.05, 4.69) is 41.3 Å². The van der Waals surface area contributed by atoms with E-state index in [1.807, 2.05) is 109 Å². The number of primary amides is 1. The quantitative estimate of drug-likeness (QED) is 0.120. The van der Waals surface area contributed by atoms with E-state index in [-0.39, 0.29) is 6.42 Å². The first-order chi connectivity index (χ1) is 28.8. The van der Waals surface area contributed by atoms with Crippen molar-refractivity contribution in [2.45, 2.75) is 31.5 Å². The van der Waals surface area contributed by atoms with Crippen LogP contribution in [0.4, 0.5) is 0 Å². The summed E-state index contributed by atoms with van der Waals surface area (Å²) in [5.74, 6) is 0.657. The van der Waals surface area contributed by atoms with Crippen LogP contribution in [0.1, 0.15) is 28.3 Å². The number of nitrogens with zero attached hydrogens (tertiary/aromatic N) is 2. The molecule has 5 aromatic carbocycles. The van der Waals surface area contributed by atoms with Gasteiger partial charge in [0.25, 0.3) is 0 Å². The number of amides is 1. The van der Waals surface area contributed by atoms with Crippen LogP contribution in [0.25, 0.3) is 11.1 Å². The van der Waals surface area contributed by atoms with E-state index in [1.165, 1.54) is 7.11 Å². The van der Waals surface area contributed by atoms with Crippen LogP contribution >= 0.6 is 0 Å². The fourth-order valence-electron chi connectivity index (χ4n) is 9.05. The van der Waals surface area contributed by atoms with Crippen molar-refractivity contribution >= 4 is 17.6 Å².